The minimum atomic E-state index is 0.647. The highest BCUT2D eigenvalue weighted by Gasteiger charge is 2.00. The molecule has 0 unspecified atom stereocenters. The minimum absolute atomic E-state index is 0.647. The van der Waals surface area contributed by atoms with Crippen molar-refractivity contribution < 1.29 is 0 Å². The topological polar surface area (TPSA) is 56.7 Å². The third-order valence-electron chi connectivity index (χ3n) is 2.03. The van der Waals surface area contributed by atoms with Gasteiger partial charge in [0, 0.05) is 12.4 Å². The van der Waals surface area contributed by atoms with Crippen molar-refractivity contribution in [3.8, 4) is 5.82 Å². The Morgan fingerprint density at radius 3 is 2.73 bits per heavy atom. The smallest absolute Gasteiger partial charge is 0.153 e. The lowest BCUT2D eigenvalue weighted by Crippen LogP contribution is -2.04. The highest BCUT2D eigenvalue weighted by molar-refractivity contribution is 9.10. The molecule has 0 spiro atoms. The van der Waals surface area contributed by atoms with Crippen molar-refractivity contribution in [2.75, 3.05) is 6.54 Å². The lowest BCUT2D eigenvalue weighted by molar-refractivity contribution is 0.840. The average Bonchev–Trinajstić information content (AvgIpc) is 2.67. The fourth-order valence-corrected chi connectivity index (χ4v) is 1.58. The van der Waals surface area contributed by atoms with E-state index in [1.165, 1.54) is 0 Å². The Labute approximate surface area is 96.3 Å². The summed E-state index contributed by atoms with van der Waals surface area (Å²) in [6.07, 6.45) is 6.29. The van der Waals surface area contributed by atoms with Crippen molar-refractivity contribution in [1.29, 1.82) is 0 Å². The van der Waals surface area contributed by atoms with E-state index in [0.29, 0.717) is 6.54 Å². The highest BCUT2D eigenvalue weighted by Crippen LogP contribution is 2.11. The van der Waals surface area contributed by atoms with E-state index < -0.39 is 0 Å². The van der Waals surface area contributed by atoms with Crippen molar-refractivity contribution in [2.24, 2.45) is 5.73 Å². The molecule has 0 atom stereocenters. The van der Waals surface area contributed by atoms with E-state index in [-0.39, 0.29) is 0 Å². The molecule has 0 bridgehead atoms. The first-order chi connectivity index (χ1) is 7.29. The lowest BCUT2D eigenvalue weighted by Gasteiger charge is -2.01. The molecule has 0 aromatic carbocycles. The fraction of sp³-hybridized carbons (Fsp3) is 0.200. The van der Waals surface area contributed by atoms with Gasteiger partial charge in [-0.05, 0) is 40.5 Å². The second-order valence-corrected chi connectivity index (χ2v) is 4.08. The van der Waals surface area contributed by atoms with Gasteiger partial charge in [-0.1, -0.05) is 6.07 Å². The molecule has 0 amide bonds. The molecule has 4 nitrogen and oxygen atoms in total. The largest absolute Gasteiger partial charge is 0.330 e. The van der Waals surface area contributed by atoms with Gasteiger partial charge in [0.25, 0.3) is 0 Å². The normalized spacial score (nSPS) is 10.5. The molecule has 15 heavy (non-hydrogen) atoms. The maximum absolute atomic E-state index is 5.46. The summed E-state index contributed by atoms with van der Waals surface area (Å²) in [6.45, 7) is 0.647. The number of halogens is 1. The van der Waals surface area contributed by atoms with Crippen LogP contribution in [0.1, 0.15) is 5.56 Å². The average molecular weight is 267 g/mol. The summed E-state index contributed by atoms with van der Waals surface area (Å²) in [5, 5.41) is 4.14. The molecule has 0 saturated carbocycles. The molecule has 0 aliphatic carbocycles. The van der Waals surface area contributed by atoms with Crippen LogP contribution in [0.2, 0.25) is 0 Å². The van der Waals surface area contributed by atoms with Crippen LogP contribution in [0.25, 0.3) is 5.82 Å². The molecule has 0 fully saturated rings. The van der Waals surface area contributed by atoms with Gasteiger partial charge < -0.3 is 5.73 Å². The van der Waals surface area contributed by atoms with E-state index >= 15 is 0 Å². The number of aromatic nitrogens is 3. The van der Waals surface area contributed by atoms with Gasteiger partial charge in [-0.15, -0.1) is 0 Å². The predicted octanol–water partition coefficient (Wildman–Crippen LogP) is 1.53. The Hall–Kier alpha value is -1.20. The zero-order valence-corrected chi connectivity index (χ0v) is 9.68. The van der Waals surface area contributed by atoms with Crippen molar-refractivity contribution in [3.63, 3.8) is 0 Å². The van der Waals surface area contributed by atoms with Crippen molar-refractivity contribution >= 4 is 15.9 Å². The molecule has 2 aromatic rings. The molecule has 0 radical (unpaired) electrons. The SMILES string of the molecule is NCCc1ccc(-n2cc(Br)cn2)nc1. The van der Waals surface area contributed by atoms with Crippen LogP contribution in [-0.4, -0.2) is 21.3 Å². The van der Waals surface area contributed by atoms with Gasteiger partial charge >= 0.3 is 0 Å². The maximum Gasteiger partial charge on any atom is 0.153 e. The predicted molar refractivity (Wildman–Crippen MR) is 61.8 cm³/mol. The second kappa shape index (κ2) is 4.55. The number of nitrogens with two attached hydrogens (primary N) is 1. The van der Waals surface area contributed by atoms with E-state index in [1.807, 2.05) is 24.5 Å². The van der Waals surface area contributed by atoms with Gasteiger partial charge in [0.15, 0.2) is 5.82 Å². The summed E-state index contributed by atoms with van der Waals surface area (Å²) in [6, 6.07) is 3.95. The molecule has 0 aliphatic rings. The molecule has 2 rings (SSSR count). The molecular formula is C10H11BrN4. The quantitative estimate of drug-likeness (QED) is 0.917. The van der Waals surface area contributed by atoms with Crippen LogP contribution >= 0.6 is 15.9 Å². The summed E-state index contributed by atoms with van der Waals surface area (Å²) in [4.78, 5) is 4.30. The summed E-state index contributed by atoms with van der Waals surface area (Å²) in [5.74, 6) is 0.807. The van der Waals surface area contributed by atoms with Crippen LogP contribution in [0, 0.1) is 0 Å². The monoisotopic (exact) mass is 266 g/mol. The van der Waals surface area contributed by atoms with E-state index in [9.17, 15) is 0 Å². The van der Waals surface area contributed by atoms with Crippen LogP contribution in [0.3, 0.4) is 0 Å². The summed E-state index contributed by atoms with van der Waals surface area (Å²) < 4.78 is 2.66. The Morgan fingerprint density at radius 1 is 1.33 bits per heavy atom. The van der Waals surface area contributed by atoms with Gasteiger partial charge in [0.05, 0.1) is 10.7 Å². The first-order valence-corrected chi connectivity index (χ1v) is 5.44. The molecular weight excluding hydrogens is 256 g/mol. The third-order valence-corrected chi connectivity index (χ3v) is 2.44. The number of hydrogen-bond donors (Lipinski definition) is 1. The van der Waals surface area contributed by atoms with E-state index in [2.05, 4.69) is 26.0 Å². The first kappa shape index (κ1) is 10.3. The standard InChI is InChI=1S/C10H11BrN4/c11-9-6-14-15(7-9)10-2-1-8(3-4-12)5-13-10/h1-2,5-7H,3-4,12H2. The number of rotatable bonds is 3. The van der Waals surface area contributed by atoms with Gasteiger partial charge in [-0.2, -0.15) is 5.10 Å². The van der Waals surface area contributed by atoms with Gasteiger partial charge in [-0.3, -0.25) is 0 Å². The lowest BCUT2D eigenvalue weighted by atomic mass is 10.2. The van der Waals surface area contributed by atoms with Crippen LogP contribution in [0.15, 0.2) is 35.2 Å². The first-order valence-electron chi connectivity index (χ1n) is 4.65. The van der Waals surface area contributed by atoms with Gasteiger partial charge in [0.2, 0.25) is 0 Å². The zero-order chi connectivity index (χ0) is 10.7. The third kappa shape index (κ3) is 2.43. The molecule has 5 heteroatoms. The molecule has 78 valence electrons. The summed E-state index contributed by atoms with van der Waals surface area (Å²) in [7, 11) is 0. The fourth-order valence-electron chi connectivity index (χ4n) is 1.29. The van der Waals surface area contributed by atoms with Crippen molar-refractivity contribution in [3.05, 3.63) is 40.8 Å². The van der Waals surface area contributed by atoms with Crippen LogP contribution < -0.4 is 5.73 Å². The van der Waals surface area contributed by atoms with Crippen LogP contribution in [0.4, 0.5) is 0 Å². The Kier molecular flexibility index (Phi) is 3.13. The van der Waals surface area contributed by atoms with Gasteiger partial charge in [0.1, 0.15) is 0 Å². The highest BCUT2D eigenvalue weighted by atomic mass is 79.9. The maximum atomic E-state index is 5.46. The van der Waals surface area contributed by atoms with E-state index in [1.54, 1.807) is 10.9 Å². The molecule has 2 aromatic heterocycles. The zero-order valence-electron chi connectivity index (χ0n) is 8.10. The Morgan fingerprint density at radius 2 is 2.20 bits per heavy atom. The number of nitrogens with zero attached hydrogens (tertiary/aromatic N) is 3. The molecule has 0 saturated heterocycles. The second-order valence-electron chi connectivity index (χ2n) is 3.17. The van der Waals surface area contributed by atoms with E-state index in [0.717, 1.165) is 22.3 Å². The van der Waals surface area contributed by atoms with Crippen LogP contribution in [-0.2, 0) is 6.42 Å². The van der Waals surface area contributed by atoms with Crippen molar-refractivity contribution in [1.82, 2.24) is 14.8 Å². The van der Waals surface area contributed by atoms with E-state index in [4.69, 9.17) is 5.73 Å². The minimum Gasteiger partial charge on any atom is -0.330 e. The summed E-state index contributed by atoms with van der Waals surface area (Å²) >= 11 is 3.34. The Balaban J connectivity index is 2.23. The molecule has 2 heterocycles. The van der Waals surface area contributed by atoms with Crippen molar-refractivity contribution in [2.45, 2.75) is 6.42 Å². The number of pyridine rings is 1. The molecule has 0 aliphatic heterocycles. The summed E-state index contributed by atoms with van der Waals surface area (Å²) in [5.41, 5.74) is 6.61. The van der Waals surface area contributed by atoms with Crippen LogP contribution in [0.5, 0.6) is 0 Å². The number of hydrogen-bond acceptors (Lipinski definition) is 3. The molecule has 2 N–H and O–H groups in total. The van der Waals surface area contributed by atoms with Gasteiger partial charge in [-0.25, -0.2) is 9.67 Å². The Bertz CT molecular complexity index is 435.